The molecule has 4 fully saturated rings. The van der Waals surface area contributed by atoms with E-state index in [0.29, 0.717) is 69.7 Å². The first-order valence-electron chi connectivity index (χ1n) is 29.4. The summed E-state index contributed by atoms with van der Waals surface area (Å²) in [6.45, 7) is 22.7. The Morgan fingerprint density at radius 1 is 0.759 bits per heavy atom. The first-order chi connectivity index (χ1) is 36.6. The van der Waals surface area contributed by atoms with Crippen LogP contribution in [0.25, 0.3) is 0 Å². The van der Waals surface area contributed by atoms with E-state index >= 15 is 0 Å². The number of carbonyl (C=O) groups excluding carboxylic acids is 2. The molecule has 0 bridgehead atoms. The van der Waals surface area contributed by atoms with E-state index in [1.165, 1.54) is 16.7 Å². The Morgan fingerprint density at radius 3 is 1.89 bits per heavy atom. The molecule has 0 aromatic heterocycles. The van der Waals surface area contributed by atoms with E-state index in [1.54, 1.807) is 19.1 Å². The summed E-state index contributed by atoms with van der Waals surface area (Å²) >= 11 is 0. The van der Waals surface area contributed by atoms with Gasteiger partial charge in [0.15, 0.2) is 5.79 Å². The van der Waals surface area contributed by atoms with Crippen LogP contribution < -0.4 is 40.0 Å². The second-order valence-corrected chi connectivity index (χ2v) is 24.1. The number of carboxylic acids is 1. The number of aliphatic hydroxyl groups is 3. The minimum Gasteiger partial charge on any atom is -0.550 e. The topological polar surface area (TPSA) is 176 Å². The van der Waals surface area contributed by atoms with Crippen molar-refractivity contribution in [3.8, 4) is 0 Å². The van der Waals surface area contributed by atoms with E-state index in [9.17, 15) is 30.0 Å². The van der Waals surface area contributed by atoms with Crippen LogP contribution >= 0.6 is 12.4 Å². The van der Waals surface area contributed by atoms with E-state index in [4.69, 9.17) is 23.7 Å². The van der Waals surface area contributed by atoms with Crippen molar-refractivity contribution in [2.45, 2.75) is 224 Å². The Kier molecular flexibility index (Phi) is 25.0. The third kappa shape index (κ3) is 15.2. The fourth-order valence-electron chi connectivity index (χ4n) is 13.7. The number of aliphatic carboxylic acids is 1. The smallest absolute Gasteiger partial charge is 0.550 e. The quantitative estimate of drug-likeness (QED) is 0.0678. The van der Waals surface area contributed by atoms with Gasteiger partial charge in [-0.2, -0.15) is 0 Å². The molecule has 5 aliphatic heterocycles. The minimum absolute atomic E-state index is 0. The van der Waals surface area contributed by atoms with Gasteiger partial charge in [0.1, 0.15) is 11.9 Å². The van der Waals surface area contributed by atoms with Crippen LogP contribution in [-0.2, 0) is 33.3 Å². The zero-order chi connectivity index (χ0) is 55.9. The van der Waals surface area contributed by atoms with Gasteiger partial charge in [0, 0.05) is 53.9 Å². The zero-order valence-electron chi connectivity index (χ0n) is 49.6. The summed E-state index contributed by atoms with van der Waals surface area (Å²) in [4.78, 5) is 26.2. The Labute approximate surface area is 501 Å². The first-order valence-corrected chi connectivity index (χ1v) is 29.4. The van der Waals surface area contributed by atoms with Gasteiger partial charge >= 0.3 is 29.6 Å². The van der Waals surface area contributed by atoms with Gasteiger partial charge in [-0.3, -0.25) is 4.79 Å². The molecule has 12 nitrogen and oxygen atoms in total. The van der Waals surface area contributed by atoms with Crippen molar-refractivity contribution in [1.82, 2.24) is 5.32 Å². The summed E-state index contributed by atoms with van der Waals surface area (Å²) < 4.78 is 33.4. The first kappa shape index (κ1) is 67.3. The summed E-state index contributed by atoms with van der Waals surface area (Å²) in [6.07, 6.45) is 6.31. The average Bonchev–Trinajstić information content (AvgIpc) is 4.03. The molecule has 8 rings (SSSR count). The number of carboxylic acid groups (broad SMARTS) is 1. The maximum absolute atomic E-state index is 14.4. The predicted molar refractivity (Wildman–Crippen MR) is 305 cm³/mol. The third-order valence-corrected chi connectivity index (χ3v) is 19.0. The minimum atomic E-state index is -1.37. The maximum Gasteiger partial charge on any atom is 1.00 e. The molecule has 19 atom stereocenters. The molecular formula is C65H95ClNNaO11. The van der Waals surface area contributed by atoms with Crippen LogP contribution in [0.15, 0.2) is 103 Å². The predicted octanol–water partition coefficient (Wildman–Crippen LogP) is 7.84. The molecule has 3 aromatic carbocycles. The van der Waals surface area contributed by atoms with Crippen LogP contribution in [0.2, 0.25) is 0 Å². The van der Waals surface area contributed by atoms with Gasteiger partial charge in [0.2, 0.25) is 5.79 Å². The number of carbonyl (C=O) groups is 2. The second-order valence-electron chi connectivity index (χ2n) is 24.1. The van der Waals surface area contributed by atoms with Crippen molar-refractivity contribution in [3.05, 3.63) is 120 Å². The normalized spacial score (nSPS) is 34.7. The van der Waals surface area contributed by atoms with E-state index < -0.39 is 82.9 Å². The summed E-state index contributed by atoms with van der Waals surface area (Å²) in [6, 6.07) is 32.6. The molecule has 5 aliphatic rings. The number of nitrogens with one attached hydrogen (secondary N) is 1. The van der Waals surface area contributed by atoms with Crippen LogP contribution in [-0.4, -0.2) is 99.1 Å². The number of benzene rings is 3. The van der Waals surface area contributed by atoms with Crippen LogP contribution in [0.1, 0.15) is 175 Å². The molecule has 2 spiro atoms. The van der Waals surface area contributed by atoms with Gasteiger partial charge in [-0.25, -0.2) is 0 Å². The molecule has 0 saturated carbocycles. The molecule has 3 aromatic rings. The molecule has 4 N–H and O–H groups in total. The zero-order valence-corrected chi connectivity index (χ0v) is 52.4. The number of aliphatic hydroxyl groups excluding tert-OH is 2. The Hall–Kier alpha value is -2.53. The maximum atomic E-state index is 14.4. The number of hydrogen-bond acceptors (Lipinski definition) is 12. The standard InChI is InChI=1S/C42H70O11.C23H25N.ClH.Na/c1-11-29(38(46)47)31-15-14-23(4)36(50-31)27(8)34(44)26(7)35(45)30(12-2)37-24(5)22-25(6)41(51-37)19-16-32(43)42(53-41)21-20-39(10,52-42)33-17-18-40(48,13-3)28(9)49-33;1-19(20-11-5-2-6-12-20)24-18-17-23(21-13-7-3-8-14-21)22-15-9-4-10-16-22;;/h16,19,23-34,36-37,43-44,48H,11-15,17-18,20-22H2,1-10H3,(H,46,47);2-16,19,23-24H,17-18H2,1H3;1H;/q;;;+1/p-1. The van der Waals surface area contributed by atoms with Crippen molar-refractivity contribution in [2.75, 3.05) is 6.54 Å². The van der Waals surface area contributed by atoms with Crippen molar-refractivity contribution in [3.63, 3.8) is 0 Å². The molecule has 4 saturated heterocycles. The molecule has 19 unspecified atom stereocenters. The van der Waals surface area contributed by atoms with Crippen molar-refractivity contribution in [1.29, 1.82) is 0 Å². The van der Waals surface area contributed by atoms with Crippen molar-refractivity contribution in [2.24, 2.45) is 41.4 Å². The van der Waals surface area contributed by atoms with Crippen LogP contribution in [0.5, 0.6) is 0 Å². The van der Waals surface area contributed by atoms with E-state index in [2.05, 4.69) is 124 Å². The van der Waals surface area contributed by atoms with Gasteiger partial charge in [-0.15, -0.1) is 12.4 Å². The van der Waals surface area contributed by atoms with Gasteiger partial charge in [0.05, 0.1) is 47.8 Å². The van der Waals surface area contributed by atoms with E-state index in [-0.39, 0.29) is 77.7 Å². The largest absolute Gasteiger partial charge is 1.00 e. The SMILES string of the molecule is CC(NCCC(c1ccccc1)c1ccccc1)c1ccccc1.CCC(C(=O)[O-])C1CCC(C)C(C(C)C(O)C(C)C(=O)C(CC)C2OC3(C=CC(O)C4(CCC(C)(C5CCC(O)(CC)C(C)O5)O4)O3)C(C)CC2C)O1.Cl.[Na+]. The number of Topliss-reactive ketones (excluding diaryl/α,β-unsaturated/α-hetero) is 1. The van der Waals surface area contributed by atoms with Crippen LogP contribution in [0, 0.1) is 41.4 Å². The third-order valence-electron chi connectivity index (χ3n) is 19.0. The molecule has 79 heavy (non-hydrogen) atoms. The Bertz CT molecular complexity index is 2330. The number of ketones is 1. The van der Waals surface area contributed by atoms with Crippen LogP contribution in [0.4, 0.5) is 0 Å². The Morgan fingerprint density at radius 2 is 1.34 bits per heavy atom. The second kappa shape index (κ2) is 29.3. The monoisotopic (exact) mass is 1120 g/mol. The Balaban J connectivity index is 0.000000369. The van der Waals surface area contributed by atoms with Gasteiger partial charge < -0.3 is 54.2 Å². The number of halogens is 1. The summed E-state index contributed by atoms with van der Waals surface area (Å²) in [5.41, 5.74) is 2.48. The van der Waals surface area contributed by atoms with Gasteiger partial charge in [0.25, 0.3) is 0 Å². The molecule has 434 valence electrons. The molecule has 0 radical (unpaired) electrons. The van der Waals surface area contributed by atoms with E-state index in [0.717, 1.165) is 19.4 Å². The van der Waals surface area contributed by atoms with Gasteiger partial charge in [-0.05, 0) is 132 Å². The van der Waals surface area contributed by atoms with Crippen LogP contribution in [0.3, 0.4) is 0 Å². The summed E-state index contributed by atoms with van der Waals surface area (Å²) in [5.74, 6) is -5.80. The van der Waals surface area contributed by atoms with Crippen molar-refractivity contribution < 1.29 is 83.3 Å². The summed E-state index contributed by atoms with van der Waals surface area (Å²) in [5, 5.41) is 49.7. The molecule has 14 heteroatoms. The van der Waals surface area contributed by atoms with E-state index in [1.807, 2.05) is 41.5 Å². The number of ether oxygens (including phenoxy) is 5. The van der Waals surface area contributed by atoms with Crippen molar-refractivity contribution >= 4 is 24.2 Å². The molecule has 0 amide bonds. The fourth-order valence-corrected chi connectivity index (χ4v) is 13.7. The molecule has 5 heterocycles. The fraction of sp³-hybridized carbons (Fsp3) is 0.662. The molecule has 0 aliphatic carbocycles. The average molecular weight is 1120 g/mol. The number of hydrogen-bond donors (Lipinski definition) is 4. The summed E-state index contributed by atoms with van der Waals surface area (Å²) in [7, 11) is 0. The number of rotatable bonds is 19. The molecular weight excluding hydrogens is 1030 g/mol. The van der Waals surface area contributed by atoms with Gasteiger partial charge in [-0.1, -0.05) is 146 Å².